The second-order valence-corrected chi connectivity index (χ2v) is 13.7. The first-order valence-electron chi connectivity index (χ1n) is 14.8. The van der Waals surface area contributed by atoms with Crippen molar-refractivity contribution in [3.8, 4) is 17.2 Å². The van der Waals surface area contributed by atoms with Gasteiger partial charge in [-0.3, -0.25) is 0 Å². The third kappa shape index (κ3) is 6.89. The molecule has 1 saturated carbocycles. The molecule has 4 nitrogen and oxygen atoms in total. The van der Waals surface area contributed by atoms with Crippen LogP contribution in [-0.4, -0.2) is 35.3 Å². The maximum atomic E-state index is 10.9. The number of phenols is 1. The molecule has 1 fully saturated rings. The summed E-state index contributed by atoms with van der Waals surface area (Å²) in [6, 6.07) is 8.21. The number of phenolic OH excluding ortho intramolecular Hbond substituents is 1. The van der Waals surface area contributed by atoms with Crippen molar-refractivity contribution in [2.45, 2.75) is 96.7 Å². The topological polar surface area (TPSA) is 58.9 Å². The molecule has 0 amide bonds. The van der Waals surface area contributed by atoms with E-state index in [1.165, 1.54) is 16.7 Å². The Balaban J connectivity index is 1.57. The van der Waals surface area contributed by atoms with Crippen LogP contribution in [0.4, 0.5) is 0 Å². The summed E-state index contributed by atoms with van der Waals surface area (Å²) >= 11 is 1.71. The van der Waals surface area contributed by atoms with E-state index in [1.54, 1.807) is 18.9 Å². The Hall–Kier alpha value is -2.63. The van der Waals surface area contributed by atoms with E-state index in [0.29, 0.717) is 12.2 Å². The van der Waals surface area contributed by atoms with Crippen LogP contribution in [0.2, 0.25) is 0 Å². The molecule has 1 heterocycles. The molecule has 3 atom stereocenters. The van der Waals surface area contributed by atoms with Crippen molar-refractivity contribution in [1.29, 1.82) is 0 Å². The highest BCUT2D eigenvalue weighted by molar-refractivity contribution is 7.98. The smallest absolute Gasteiger partial charge is 0.136 e. The van der Waals surface area contributed by atoms with Crippen LogP contribution >= 0.6 is 11.8 Å². The van der Waals surface area contributed by atoms with E-state index in [0.717, 1.165) is 59.4 Å². The number of hydrogen-bond acceptors (Lipinski definition) is 5. The molecule has 0 aromatic heterocycles. The van der Waals surface area contributed by atoms with Gasteiger partial charge in [-0.15, -0.1) is 11.8 Å². The van der Waals surface area contributed by atoms with E-state index >= 15 is 0 Å². The number of aromatic hydroxyl groups is 1. The molecule has 0 spiro atoms. The van der Waals surface area contributed by atoms with Crippen LogP contribution in [0, 0.1) is 11.3 Å². The fourth-order valence-corrected chi connectivity index (χ4v) is 7.15. The summed E-state index contributed by atoms with van der Waals surface area (Å²) in [5.41, 5.74) is 6.14. The molecule has 2 aliphatic rings. The van der Waals surface area contributed by atoms with Gasteiger partial charge in [0.25, 0.3) is 0 Å². The van der Waals surface area contributed by atoms with Gasteiger partial charge < -0.3 is 19.7 Å². The van der Waals surface area contributed by atoms with Crippen molar-refractivity contribution in [2.24, 2.45) is 11.3 Å². The Morgan fingerprint density at radius 2 is 1.78 bits per heavy atom. The molecule has 1 aliphatic carbocycles. The largest absolute Gasteiger partial charge is 0.507 e. The number of aliphatic hydroxyl groups is 1. The number of fused-ring (bicyclic) bond motifs is 2. The molecule has 2 aromatic carbocycles. The van der Waals surface area contributed by atoms with Gasteiger partial charge in [0.2, 0.25) is 0 Å². The number of hydrogen-bond donors (Lipinski definition) is 2. The van der Waals surface area contributed by atoms with Gasteiger partial charge in [0, 0.05) is 11.5 Å². The summed E-state index contributed by atoms with van der Waals surface area (Å²) in [5.74, 6) is 2.17. The molecule has 0 saturated heterocycles. The van der Waals surface area contributed by atoms with Crippen molar-refractivity contribution in [3.63, 3.8) is 0 Å². The predicted molar refractivity (Wildman–Crippen MR) is 173 cm³/mol. The molecule has 0 bridgehead atoms. The van der Waals surface area contributed by atoms with E-state index in [1.807, 2.05) is 18.2 Å². The SMILES string of the molecule is COc1cc(/C=C/c2cc3c(c(SC)c2)O[C@]2(C)CC[C@@H](O)C(C)(C)[C@H]2C3)cc(O)c1C/C=C(\C)CCC=C(C)C. The third-order valence-electron chi connectivity index (χ3n) is 9.18. The molecule has 4 rings (SSSR count). The summed E-state index contributed by atoms with van der Waals surface area (Å²) in [6.07, 6.45) is 15.5. The quantitative estimate of drug-likeness (QED) is 0.177. The number of allylic oxidation sites excluding steroid dienone is 4. The minimum Gasteiger partial charge on any atom is -0.507 e. The number of ether oxygens (including phenoxy) is 2. The summed E-state index contributed by atoms with van der Waals surface area (Å²) < 4.78 is 12.5. The lowest BCUT2D eigenvalue weighted by Crippen LogP contribution is -2.58. The zero-order chi connectivity index (χ0) is 29.9. The molecule has 41 heavy (non-hydrogen) atoms. The average Bonchev–Trinajstić information content (AvgIpc) is 2.92. The molecular formula is C36H48O4S. The van der Waals surface area contributed by atoms with Crippen molar-refractivity contribution in [2.75, 3.05) is 13.4 Å². The van der Waals surface area contributed by atoms with Crippen LogP contribution < -0.4 is 9.47 Å². The van der Waals surface area contributed by atoms with Gasteiger partial charge in [-0.05, 0) is 119 Å². The second kappa shape index (κ2) is 12.7. The first-order chi connectivity index (χ1) is 19.4. The summed E-state index contributed by atoms with van der Waals surface area (Å²) in [6.45, 7) is 13.0. The minimum absolute atomic E-state index is 0.217. The first-order valence-corrected chi connectivity index (χ1v) is 16.1. The molecule has 2 N–H and O–H groups in total. The zero-order valence-electron chi connectivity index (χ0n) is 26.1. The molecule has 222 valence electrons. The molecule has 0 unspecified atom stereocenters. The standard InChI is InChI=1S/C36H48O4S/c1-23(2)10-9-11-24(3)12-15-28-29(37)19-26(20-30(28)39-7)14-13-25-18-27-22-32-35(4,5)33(38)16-17-36(32,6)40-34(27)31(21-25)41-8/h10,12-14,18-21,32-33,37-38H,9,11,15-17,22H2,1-8H3/b14-13+,24-12+/t32-,33-,36-/m1/s1. The maximum Gasteiger partial charge on any atom is 0.136 e. The van der Waals surface area contributed by atoms with Crippen LogP contribution in [0.5, 0.6) is 17.2 Å². The lowest BCUT2D eigenvalue weighted by Gasteiger charge is -2.55. The Morgan fingerprint density at radius 3 is 2.44 bits per heavy atom. The molecule has 1 aliphatic heterocycles. The number of aliphatic hydroxyl groups excluding tert-OH is 1. The van der Waals surface area contributed by atoms with Crippen molar-refractivity contribution >= 4 is 23.9 Å². The van der Waals surface area contributed by atoms with E-state index in [4.69, 9.17) is 9.47 Å². The lowest BCUT2D eigenvalue weighted by atomic mass is 9.57. The van der Waals surface area contributed by atoms with Gasteiger partial charge in [0.1, 0.15) is 22.8 Å². The maximum absolute atomic E-state index is 10.9. The normalized spacial score (nSPS) is 23.5. The molecule has 5 heteroatoms. The van der Waals surface area contributed by atoms with Gasteiger partial charge in [-0.25, -0.2) is 0 Å². The van der Waals surface area contributed by atoms with Crippen molar-refractivity contribution in [1.82, 2.24) is 0 Å². The van der Waals surface area contributed by atoms with E-state index in [2.05, 4.69) is 78.2 Å². The summed E-state index contributed by atoms with van der Waals surface area (Å²) in [4.78, 5) is 1.13. The van der Waals surface area contributed by atoms with Crippen LogP contribution in [0.3, 0.4) is 0 Å². The number of benzene rings is 2. The lowest BCUT2D eigenvalue weighted by molar-refractivity contribution is -0.138. The van der Waals surface area contributed by atoms with Gasteiger partial charge in [-0.2, -0.15) is 0 Å². The predicted octanol–water partition coefficient (Wildman–Crippen LogP) is 9.02. The number of rotatable bonds is 9. The first kappa shape index (κ1) is 31.3. The second-order valence-electron chi connectivity index (χ2n) is 12.9. The van der Waals surface area contributed by atoms with Crippen LogP contribution in [0.15, 0.2) is 52.5 Å². The van der Waals surface area contributed by atoms with E-state index in [-0.39, 0.29) is 28.8 Å². The van der Waals surface area contributed by atoms with E-state index < -0.39 is 0 Å². The Labute approximate surface area is 251 Å². The molecular weight excluding hydrogens is 528 g/mol. The number of thioether (sulfide) groups is 1. The highest BCUT2D eigenvalue weighted by atomic mass is 32.2. The Kier molecular flexibility index (Phi) is 9.70. The monoisotopic (exact) mass is 576 g/mol. The Bertz CT molecular complexity index is 1350. The Morgan fingerprint density at radius 1 is 1.07 bits per heavy atom. The highest BCUT2D eigenvalue weighted by Gasteiger charge is 2.54. The van der Waals surface area contributed by atoms with E-state index in [9.17, 15) is 10.2 Å². The van der Waals surface area contributed by atoms with Crippen molar-refractivity contribution in [3.05, 3.63) is 69.8 Å². The molecule has 0 radical (unpaired) electrons. The van der Waals surface area contributed by atoms with Crippen molar-refractivity contribution < 1.29 is 19.7 Å². The van der Waals surface area contributed by atoms with Crippen LogP contribution in [-0.2, 0) is 12.8 Å². The van der Waals surface area contributed by atoms with Gasteiger partial charge in [-0.1, -0.05) is 49.3 Å². The highest BCUT2D eigenvalue weighted by Crippen LogP contribution is 2.54. The third-order valence-corrected chi connectivity index (χ3v) is 9.93. The van der Waals surface area contributed by atoms with Gasteiger partial charge >= 0.3 is 0 Å². The fraction of sp³-hybridized carbons (Fsp3) is 0.500. The zero-order valence-corrected chi connectivity index (χ0v) is 27.0. The minimum atomic E-state index is -0.318. The van der Waals surface area contributed by atoms with Gasteiger partial charge in [0.05, 0.1) is 18.1 Å². The van der Waals surface area contributed by atoms with Crippen LogP contribution in [0.1, 0.15) is 89.5 Å². The van der Waals surface area contributed by atoms with Gasteiger partial charge in [0.15, 0.2) is 0 Å². The summed E-state index contributed by atoms with van der Waals surface area (Å²) in [7, 11) is 1.66. The summed E-state index contributed by atoms with van der Waals surface area (Å²) in [5, 5.41) is 21.7. The molecule has 2 aromatic rings. The number of methoxy groups -OCH3 is 1. The fourth-order valence-electron chi connectivity index (χ4n) is 6.54. The van der Waals surface area contributed by atoms with Crippen LogP contribution in [0.25, 0.3) is 12.2 Å². The average molecular weight is 577 g/mol.